The van der Waals surface area contributed by atoms with E-state index in [0.717, 1.165) is 37.4 Å². The average Bonchev–Trinajstić information content (AvgIpc) is 2.77. The molecule has 3 rings (SSSR count). The molecule has 25 heavy (non-hydrogen) atoms. The zero-order chi connectivity index (χ0) is 18.0. The number of piperidine rings is 1. The third-order valence-corrected chi connectivity index (χ3v) is 5.18. The van der Waals surface area contributed by atoms with E-state index in [1.165, 1.54) is 12.8 Å². The van der Waals surface area contributed by atoms with Crippen molar-refractivity contribution in [3.8, 4) is 0 Å². The first-order valence-electron chi connectivity index (χ1n) is 9.33. The first kappa shape index (κ1) is 17.8. The van der Waals surface area contributed by atoms with Gasteiger partial charge in [0, 0.05) is 32.7 Å². The Bertz CT molecular complexity index is 641. The number of anilines is 1. The number of amides is 3. The molecule has 2 fully saturated rings. The number of hydrogen-bond acceptors (Lipinski definition) is 3. The first-order valence-corrected chi connectivity index (χ1v) is 9.33. The third kappa shape index (κ3) is 3.96. The number of likely N-dealkylation sites (tertiary alicyclic amines) is 1. The lowest BCUT2D eigenvalue weighted by molar-refractivity contribution is -0.121. The van der Waals surface area contributed by atoms with Crippen LogP contribution in [0.3, 0.4) is 0 Å². The summed E-state index contributed by atoms with van der Waals surface area (Å²) < 4.78 is 1.73. The Morgan fingerprint density at radius 2 is 2.04 bits per heavy atom. The normalized spacial score (nSPS) is 25.0. The second-order valence-electron chi connectivity index (χ2n) is 7.45. The predicted octanol–water partition coefficient (Wildman–Crippen LogP) is 2.06. The molecule has 0 aliphatic carbocycles. The Balaban J connectivity index is 1.66. The molecule has 1 aromatic heterocycles. The van der Waals surface area contributed by atoms with E-state index in [9.17, 15) is 9.59 Å². The largest absolute Gasteiger partial charge is 0.326 e. The Hall–Kier alpha value is -2.05. The van der Waals surface area contributed by atoms with Crippen LogP contribution in [-0.2, 0) is 11.8 Å². The number of hydrogen-bond donors (Lipinski definition) is 1. The van der Waals surface area contributed by atoms with E-state index >= 15 is 0 Å². The summed E-state index contributed by atoms with van der Waals surface area (Å²) in [6, 6.07) is 1.36. The molecule has 7 nitrogen and oxygen atoms in total. The molecule has 0 aromatic carbocycles. The molecule has 0 radical (unpaired) electrons. The average molecular weight is 347 g/mol. The number of aromatic nitrogens is 2. The highest BCUT2D eigenvalue weighted by atomic mass is 16.2. The lowest BCUT2D eigenvalue weighted by Gasteiger charge is -2.33. The standard InChI is InChI=1S/C18H29N5O2/c1-13-7-4-5-9-22(12-13)18(25)19-15-8-6-10-23(17(15)24)16-11-14(2)20-21(16)3/h11,13,15H,4-10,12H2,1-3H3,(H,19,25)/t13-,15-/m0/s1. The minimum absolute atomic E-state index is 0.0366. The van der Waals surface area contributed by atoms with Crippen molar-refractivity contribution in [1.29, 1.82) is 0 Å². The van der Waals surface area contributed by atoms with Gasteiger partial charge in [-0.25, -0.2) is 4.79 Å². The van der Waals surface area contributed by atoms with Crippen molar-refractivity contribution >= 4 is 17.8 Å². The van der Waals surface area contributed by atoms with Gasteiger partial charge < -0.3 is 10.2 Å². The molecule has 138 valence electrons. The van der Waals surface area contributed by atoms with Crippen LogP contribution < -0.4 is 10.2 Å². The van der Waals surface area contributed by atoms with Crippen LogP contribution in [-0.4, -0.2) is 52.3 Å². The van der Waals surface area contributed by atoms with Crippen LogP contribution in [0.4, 0.5) is 10.6 Å². The highest BCUT2D eigenvalue weighted by Crippen LogP contribution is 2.22. The molecule has 0 unspecified atom stereocenters. The molecule has 3 amide bonds. The zero-order valence-electron chi connectivity index (χ0n) is 15.5. The number of rotatable bonds is 2. The van der Waals surface area contributed by atoms with E-state index in [-0.39, 0.29) is 11.9 Å². The van der Waals surface area contributed by atoms with Crippen LogP contribution >= 0.6 is 0 Å². The van der Waals surface area contributed by atoms with Gasteiger partial charge in [0.05, 0.1) is 5.69 Å². The van der Waals surface area contributed by atoms with Gasteiger partial charge in [0.25, 0.3) is 5.91 Å². The summed E-state index contributed by atoms with van der Waals surface area (Å²) >= 11 is 0. The van der Waals surface area contributed by atoms with Crippen LogP contribution in [0, 0.1) is 12.8 Å². The summed E-state index contributed by atoms with van der Waals surface area (Å²) in [6.07, 6.45) is 4.94. The fourth-order valence-corrected chi connectivity index (χ4v) is 3.87. The molecule has 2 aliphatic heterocycles. The number of carbonyl (C=O) groups excluding carboxylic acids is 2. The minimum Gasteiger partial charge on any atom is -0.326 e. The molecule has 0 bridgehead atoms. The first-order chi connectivity index (χ1) is 12.0. The van der Waals surface area contributed by atoms with Crippen LogP contribution in [0.15, 0.2) is 6.07 Å². The van der Waals surface area contributed by atoms with Gasteiger partial charge >= 0.3 is 6.03 Å². The highest BCUT2D eigenvalue weighted by Gasteiger charge is 2.33. The third-order valence-electron chi connectivity index (χ3n) is 5.18. The van der Waals surface area contributed by atoms with Crippen molar-refractivity contribution in [1.82, 2.24) is 20.0 Å². The van der Waals surface area contributed by atoms with Crippen molar-refractivity contribution in [2.24, 2.45) is 13.0 Å². The van der Waals surface area contributed by atoms with Gasteiger partial charge in [-0.15, -0.1) is 0 Å². The lowest BCUT2D eigenvalue weighted by atomic mass is 10.0. The second-order valence-corrected chi connectivity index (χ2v) is 7.45. The second kappa shape index (κ2) is 7.45. The van der Waals surface area contributed by atoms with E-state index in [0.29, 0.717) is 18.9 Å². The molecule has 2 atom stereocenters. The molecule has 2 saturated heterocycles. The Kier molecular flexibility index (Phi) is 5.30. The fourth-order valence-electron chi connectivity index (χ4n) is 3.87. The number of nitrogens with zero attached hydrogens (tertiary/aromatic N) is 4. The zero-order valence-corrected chi connectivity index (χ0v) is 15.5. The molecule has 1 N–H and O–H groups in total. The minimum atomic E-state index is -0.449. The molecule has 7 heteroatoms. The van der Waals surface area contributed by atoms with Gasteiger partial charge in [-0.2, -0.15) is 5.10 Å². The van der Waals surface area contributed by atoms with Gasteiger partial charge in [0.15, 0.2) is 0 Å². The highest BCUT2D eigenvalue weighted by molar-refractivity contribution is 5.99. The van der Waals surface area contributed by atoms with E-state index in [4.69, 9.17) is 0 Å². The summed E-state index contributed by atoms with van der Waals surface area (Å²) in [4.78, 5) is 29.2. The van der Waals surface area contributed by atoms with E-state index in [1.54, 1.807) is 9.58 Å². The molecular formula is C18H29N5O2. The Labute approximate surface area is 149 Å². The molecule has 0 spiro atoms. The van der Waals surface area contributed by atoms with E-state index < -0.39 is 6.04 Å². The van der Waals surface area contributed by atoms with Crippen LogP contribution in [0.2, 0.25) is 0 Å². The maximum atomic E-state index is 12.9. The van der Waals surface area contributed by atoms with Gasteiger partial charge in [-0.05, 0) is 38.5 Å². The lowest BCUT2D eigenvalue weighted by Crippen LogP contribution is -2.55. The molecule has 1 aromatic rings. The summed E-state index contributed by atoms with van der Waals surface area (Å²) in [5.41, 5.74) is 0.884. The number of carbonyl (C=O) groups is 2. The summed E-state index contributed by atoms with van der Waals surface area (Å²) in [5, 5.41) is 7.30. The molecule has 3 heterocycles. The monoisotopic (exact) mass is 347 g/mol. The number of aryl methyl sites for hydroxylation is 2. The number of nitrogens with one attached hydrogen (secondary N) is 1. The molecule has 0 saturated carbocycles. The quantitative estimate of drug-likeness (QED) is 0.890. The van der Waals surface area contributed by atoms with Crippen molar-refractivity contribution in [3.05, 3.63) is 11.8 Å². The summed E-state index contributed by atoms with van der Waals surface area (Å²) in [7, 11) is 1.84. The Morgan fingerprint density at radius 1 is 1.24 bits per heavy atom. The van der Waals surface area contributed by atoms with Crippen LogP contribution in [0.1, 0.15) is 44.7 Å². The maximum absolute atomic E-state index is 12.9. The smallest absolute Gasteiger partial charge is 0.318 e. The fraction of sp³-hybridized carbons (Fsp3) is 0.722. The topological polar surface area (TPSA) is 70.5 Å². The maximum Gasteiger partial charge on any atom is 0.318 e. The Morgan fingerprint density at radius 3 is 2.76 bits per heavy atom. The van der Waals surface area contributed by atoms with Gasteiger partial charge in [-0.3, -0.25) is 14.4 Å². The van der Waals surface area contributed by atoms with E-state index in [2.05, 4.69) is 17.3 Å². The summed E-state index contributed by atoms with van der Waals surface area (Å²) in [6.45, 7) is 6.32. The van der Waals surface area contributed by atoms with Crippen LogP contribution in [0.25, 0.3) is 0 Å². The SMILES string of the molecule is Cc1cc(N2CCC[C@H](NC(=O)N3CCCC[C@H](C)C3)C2=O)n(C)n1. The van der Waals surface area contributed by atoms with Crippen molar-refractivity contribution in [3.63, 3.8) is 0 Å². The number of urea groups is 1. The van der Waals surface area contributed by atoms with Crippen molar-refractivity contribution in [2.75, 3.05) is 24.5 Å². The summed E-state index contributed by atoms with van der Waals surface area (Å²) in [5.74, 6) is 1.28. The molecule has 2 aliphatic rings. The van der Waals surface area contributed by atoms with E-state index in [1.807, 2.05) is 24.9 Å². The van der Waals surface area contributed by atoms with Crippen molar-refractivity contribution < 1.29 is 9.59 Å². The predicted molar refractivity (Wildman–Crippen MR) is 96.4 cm³/mol. The molecular weight excluding hydrogens is 318 g/mol. The van der Waals surface area contributed by atoms with Crippen LogP contribution in [0.5, 0.6) is 0 Å². The van der Waals surface area contributed by atoms with Gasteiger partial charge in [0.1, 0.15) is 11.9 Å². The van der Waals surface area contributed by atoms with Crippen molar-refractivity contribution in [2.45, 2.75) is 52.0 Å². The van der Waals surface area contributed by atoms with Gasteiger partial charge in [0.2, 0.25) is 0 Å². The van der Waals surface area contributed by atoms with Gasteiger partial charge in [-0.1, -0.05) is 13.3 Å².